The van der Waals surface area contributed by atoms with Gasteiger partial charge in [0.15, 0.2) is 0 Å². The molecule has 5 N–H and O–H groups in total. The third-order valence-electron chi connectivity index (χ3n) is 3.94. The van der Waals surface area contributed by atoms with Crippen molar-refractivity contribution in [1.29, 1.82) is 10.8 Å². The Morgan fingerprint density at radius 3 is 2.85 bits per heavy atom. The molecule has 1 fully saturated rings. The molecule has 0 aliphatic heterocycles. The van der Waals surface area contributed by atoms with E-state index in [1.54, 1.807) is 6.20 Å². The minimum absolute atomic E-state index is 0.0585. The van der Waals surface area contributed by atoms with E-state index in [1.165, 1.54) is 25.5 Å². The SMILES string of the molecule is CC1CCCCC1N=C(c1ccn[nH]1)C(C=N)C(=N)N. The number of nitrogens with two attached hydrogens (primary N) is 1. The van der Waals surface area contributed by atoms with Crippen molar-refractivity contribution in [3.8, 4) is 0 Å². The number of hydrogen-bond acceptors (Lipinski definition) is 4. The smallest absolute Gasteiger partial charge is 0.105 e. The zero-order valence-corrected chi connectivity index (χ0v) is 11.8. The van der Waals surface area contributed by atoms with Gasteiger partial charge in [0.05, 0.1) is 23.4 Å². The van der Waals surface area contributed by atoms with Gasteiger partial charge in [0.2, 0.25) is 0 Å². The Kier molecular flexibility index (Phi) is 4.65. The van der Waals surface area contributed by atoms with Gasteiger partial charge in [0.25, 0.3) is 0 Å². The summed E-state index contributed by atoms with van der Waals surface area (Å²) in [6.45, 7) is 2.21. The molecule has 1 aromatic heterocycles. The maximum Gasteiger partial charge on any atom is 0.105 e. The Bertz CT molecular complexity index is 490. The van der Waals surface area contributed by atoms with Gasteiger partial charge in [0.1, 0.15) is 5.84 Å². The molecule has 0 spiro atoms. The average molecular weight is 274 g/mol. The van der Waals surface area contributed by atoms with E-state index in [0.29, 0.717) is 11.6 Å². The molecule has 2 rings (SSSR count). The van der Waals surface area contributed by atoms with Gasteiger partial charge in [0, 0.05) is 12.4 Å². The van der Waals surface area contributed by atoms with E-state index in [-0.39, 0.29) is 11.9 Å². The zero-order valence-electron chi connectivity index (χ0n) is 11.8. The monoisotopic (exact) mass is 274 g/mol. The summed E-state index contributed by atoms with van der Waals surface area (Å²) >= 11 is 0. The predicted octanol–water partition coefficient (Wildman–Crippen LogP) is 1.98. The van der Waals surface area contributed by atoms with Crippen LogP contribution in [0.15, 0.2) is 17.3 Å². The van der Waals surface area contributed by atoms with Crippen molar-refractivity contribution in [2.45, 2.75) is 38.6 Å². The van der Waals surface area contributed by atoms with Crippen molar-refractivity contribution in [1.82, 2.24) is 10.2 Å². The van der Waals surface area contributed by atoms with Crippen LogP contribution in [0.1, 0.15) is 38.3 Å². The lowest BCUT2D eigenvalue weighted by Gasteiger charge is -2.27. The van der Waals surface area contributed by atoms with E-state index in [0.717, 1.165) is 12.1 Å². The van der Waals surface area contributed by atoms with E-state index in [9.17, 15) is 0 Å². The highest BCUT2D eigenvalue weighted by molar-refractivity contribution is 6.21. The van der Waals surface area contributed by atoms with E-state index in [4.69, 9.17) is 21.5 Å². The molecule has 0 aromatic carbocycles. The van der Waals surface area contributed by atoms with E-state index in [1.807, 2.05) is 6.07 Å². The van der Waals surface area contributed by atoms with Crippen LogP contribution in [-0.2, 0) is 0 Å². The highest BCUT2D eigenvalue weighted by Crippen LogP contribution is 2.27. The minimum Gasteiger partial charge on any atom is -0.387 e. The molecule has 0 saturated heterocycles. The second-order valence-corrected chi connectivity index (χ2v) is 5.41. The van der Waals surface area contributed by atoms with Gasteiger partial charge in [-0.25, -0.2) is 0 Å². The molecule has 6 heteroatoms. The second-order valence-electron chi connectivity index (χ2n) is 5.41. The number of amidine groups is 1. The second kappa shape index (κ2) is 6.45. The molecule has 3 unspecified atom stereocenters. The normalized spacial score (nSPS) is 25.1. The van der Waals surface area contributed by atoms with Gasteiger partial charge in [-0.1, -0.05) is 19.8 Å². The van der Waals surface area contributed by atoms with Crippen LogP contribution in [0.2, 0.25) is 0 Å². The first-order valence-corrected chi connectivity index (χ1v) is 7.05. The lowest BCUT2D eigenvalue weighted by Crippen LogP contribution is -2.34. The molecule has 1 aliphatic rings. The van der Waals surface area contributed by atoms with Crippen LogP contribution in [0.3, 0.4) is 0 Å². The molecule has 0 radical (unpaired) electrons. The van der Waals surface area contributed by atoms with Gasteiger partial charge >= 0.3 is 0 Å². The summed E-state index contributed by atoms with van der Waals surface area (Å²) in [4.78, 5) is 4.82. The lowest BCUT2D eigenvalue weighted by atomic mass is 9.86. The van der Waals surface area contributed by atoms with Crippen molar-refractivity contribution in [2.24, 2.45) is 22.6 Å². The van der Waals surface area contributed by atoms with Gasteiger partial charge in [-0.2, -0.15) is 5.10 Å². The number of aromatic nitrogens is 2. The Morgan fingerprint density at radius 2 is 2.30 bits per heavy atom. The van der Waals surface area contributed by atoms with Crippen LogP contribution in [0.25, 0.3) is 0 Å². The number of rotatable bonds is 5. The van der Waals surface area contributed by atoms with Crippen molar-refractivity contribution < 1.29 is 0 Å². The summed E-state index contributed by atoms with van der Waals surface area (Å²) in [6.07, 6.45) is 7.50. The van der Waals surface area contributed by atoms with Crippen molar-refractivity contribution in [3.05, 3.63) is 18.0 Å². The van der Waals surface area contributed by atoms with E-state index >= 15 is 0 Å². The first-order valence-electron chi connectivity index (χ1n) is 7.05. The highest BCUT2D eigenvalue weighted by atomic mass is 15.1. The maximum absolute atomic E-state index is 7.66. The van der Waals surface area contributed by atoms with Crippen molar-refractivity contribution in [2.75, 3.05) is 0 Å². The Hall–Kier alpha value is -1.98. The molecule has 108 valence electrons. The van der Waals surface area contributed by atoms with Crippen molar-refractivity contribution >= 4 is 17.8 Å². The predicted molar refractivity (Wildman–Crippen MR) is 80.7 cm³/mol. The van der Waals surface area contributed by atoms with Gasteiger partial charge in [-0.15, -0.1) is 0 Å². The summed E-state index contributed by atoms with van der Waals surface area (Å²) in [7, 11) is 0. The van der Waals surface area contributed by atoms with Crippen molar-refractivity contribution in [3.63, 3.8) is 0 Å². The molecular weight excluding hydrogens is 252 g/mol. The van der Waals surface area contributed by atoms with Gasteiger partial charge in [-0.3, -0.25) is 15.5 Å². The molecule has 1 saturated carbocycles. The molecule has 6 nitrogen and oxygen atoms in total. The first kappa shape index (κ1) is 14.4. The van der Waals surface area contributed by atoms with Crippen LogP contribution < -0.4 is 5.73 Å². The van der Waals surface area contributed by atoms with Crippen LogP contribution >= 0.6 is 0 Å². The van der Waals surface area contributed by atoms with Crippen LogP contribution in [0, 0.1) is 22.7 Å². The van der Waals surface area contributed by atoms with Crippen LogP contribution in [0.5, 0.6) is 0 Å². The van der Waals surface area contributed by atoms with Crippen LogP contribution in [0.4, 0.5) is 0 Å². The van der Waals surface area contributed by atoms with E-state index < -0.39 is 5.92 Å². The van der Waals surface area contributed by atoms with E-state index in [2.05, 4.69) is 17.1 Å². The number of hydrogen-bond donors (Lipinski definition) is 4. The number of nitrogens with one attached hydrogen (secondary N) is 3. The summed E-state index contributed by atoms with van der Waals surface area (Å²) in [5, 5.41) is 22.0. The third-order valence-corrected chi connectivity index (χ3v) is 3.94. The maximum atomic E-state index is 7.66. The highest BCUT2D eigenvalue weighted by Gasteiger charge is 2.25. The Labute approximate surface area is 118 Å². The molecule has 0 bridgehead atoms. The molecule has 1 heterocycles. The number of nitrogens with zero attached hydrogens (tertiary/aromatic N) is 2. The van der Waals surface area contributed by atoms with Crippen LogP contribution in [-0.4, -0.2) is 34.0 Å². The molecule has 1 aliphatic carbocycles. The lowest BCUT2D eigenvalue weighted by molar-refractivity contribution is 0.332. The topological polar surface area (TPSA) is 115 Å². The fourth-order valence-corrected chi connectivity index (χ4v) is 2.70. The molecule has 20 heavy (non-hydrogen) atoms. The quantitative estimate of drug-likeness (QED) is 0.485. The number of aromatic amines is 1. The fourth-order valence-electron chi connectivity index (χ4n) is 2.70. The summed E-state index contributed by atoms with van der Waals surface area (Å²) < 4.78 is 0. The Morgan fingerprint density at radius 1 is 1.55 bits per heavy atom. The molecule has 0 amide bonds. The summed E-state index contributed by atoms with van der Waals surface area (Å²) in [6, 6.07) is 2.05. The largest absolute Gasteiger partial charge is 0.387 e. The van der Waals surface area contributed by atoms with Gasteiger partial charge in [-0.05, 0) is 24.8 Å². The summed E-state index contributed by atoms with van der Waals surface area (Å²) in [5.74, 6) is -0.110. The first-order chi connectivity index (χ1) is 9.63. The summed E-state index contributed by atoms with van der Waals surface area (Å²) in [5.41, 5.74) is 7.01. The fraction of sp³-hybridized carbons (Fsp3) is 0.571. The number of H-pyrrole nitrogens is 1. The van der Waals surface area contributed by atoms with Gasteiger partial charge < -0.3 is 11.1 Å². The zero-order chi connectivity index (χ0) is 14.5. The molecule has 1 aromatic rings. The standard InChI is InChI=1S/C14H22N6/c1-9-4-2-3-5-11(9)19-13(10(8-15)14(16)17)12-6-7-18-20-12/h6-11,15H,2-5H2,1H3,(H3,16,17)(H,18,20). The minimum atomic E-state index is -0.579. The molecular formula is C14H22N6. The Balaban J connectivity index is 2.35. The average Bonchev–Trinajstić information content (AvgIpc) is 2.94. The third kappa shape index (κ3) is 3.12. The number of aliphatic imine (C=N–C) groups is 1. The molecule has 3 atom stereocenters.